The molecule has 1 heterocycles. The van der Waals surface area contributed by atoms with Crippen LogP contribution in [0.4, 0.5) is 0 Å². The lowest BCUT2D eigenvalue weighted by molar-refractivity contribution is -0.119. The summed E-state index contributed by atoms with van der Waals surface area (Å²) in [5, 5.41) is 3.99. The third-order valence-electron chi connectivity index (χ3n) is 3.33. The lowest BCUT2D eigenvalue weighted by atomic mass is 10.2. The van der Waals surface area contributed by atoms with Gasteiger partial charge in [-0.25, -0.2) is 0 Å². The summed E-state index contributed by atoms with van der Waals surface area (Å²) in [6, 6.07) is 14.4. The molecule has 0 spiro atoms. The summed E-state index contributed by atoms with van der Waals surface area (Å²) < 4.78 is 15.9. The summed E-state index contributed by atoms with van der Waals surface area (Å²) in [5.74, 6) is 1.69. The smallest absolute Gasteiger partial charge is 0.258 e. The van der Waals surface area contributed by atoms with Crippen molar-refractivity contribution in [2.45, 2.75) is 6.92 Å². The second kappa shape index (κ2) is 7.48. The second-order valence-electron chi connectivity index (χ2n) is 5.16. The zero-order chi connectivity index (χ0) is 17.6. The number of carbonyl (C=O) groups excluding carboxylic acids is 1. The molecule has 128 valence electrons. The summed E-state index contributed by atoms with van der Waals surface area (Å²) in [4.78, 5) is 15.1. The average molecular weight is 339 g/mol. The number of ether oxygens (including phenoxy) is 2. The topological polar surface area (TPSA) is 100 Å². The van der Waals surface area contributed by atoms with Gasteiger partial charge in [0.25, 0.3) is 11.8 Å². The lowest BCUT2D eigenvalue weighted by Crippen LogP contribution is -2.19. The molecule has 25 heavy (non-hydrogen) atoms. The van der Waals surface area contributed by atoms with E-state index in [9.17, 15) is 4.79 Å². The Morgan fingerprint density at radius 3 is 2.20 bits per heavy atom. The second-order valence-corrected chi connectivity index (χ2v) is 5.16. The molecule has 7 heteroatoms. The van der Waals surface area contributed by atoms with Crippen LogP contribution in [0, 0.1) is 0 Å². The quantitative estimate of drug-likeness (QED) is 0.710. The molecule has 0 atom stereocenters. The van der Waals surface area contributed by atoms with E-state index in [0.29, 0.717) is 24.1 Å². The molecule has 0 bridgehead atoms. The van der Waals surface area contributed by atoms with Crippen molar-refractivity contribution in [2.75, 3.05) is 13.2 Å². The Kier molecular flexibility index (Phi) is 4.94. The van der Waals surface area contributed by atoms with Crippen LogP contribution in [0.3, 0.4) is 0 Å². The molecule has 7 nitrogen and oxygen atoms in total. The molecule has 2 N–H and O–H groups in total. The van der Waals surface area contributed by atoms with Crippen LogP contribution in [-0.2, 0) is 4.79 Å². The van der Waals surface area contributed by atoms with Crippen molar-refractivity contribution in [1.29, 1.82) is 0 Å². The number of amides is 1. The van der Waals surface area contributed by atoms with Gasteiger partial charge in [0.1, 0.15) is 11.5 Å². The molecule has 0 unspecified atom stereocenters. The molecule has 0 saturated carbocycles. The van der Waals surface area contributed by atoms with Gasteiger partial charge in [-0.05, 0) is 55.5 Å². The Morgan fingerprint density at radius 2 is 1.60 bits per heavy atom. The van der Waals surface area contributed by atoms with Crippen molar-refractivity contribution >= 4 is 5.91 Å². The highest BCUT2D eigenvalue weighted by molar-refractivity contribution is 5.75. The van der Waals surface area contributed by atoms with Crippen LogP contribution < -0.4 is 15.2 Å². The van der Waals surface area contributed by atoms with Crippen molar-refractivity contribution in [1.82, 2.24) is 10.1 Å². The van der Waals surface area contributed by atoms with Crippen molar-refractivity contribution in [3.63, 3.8) is 0 Å². The molecule has 0 aliphatic heterocycles. The van der Waals surface area contributed by atoms with Gasteiger partial charge < -0.3 is 19.7 Å². The number of carbonyl (C=O) groups is 1. The zero-order valence-electron chi connectivity index (χ0n) is 13.6. The van der Waals surface area contributed by atoms with E-state index in [1.807, 2.05) is 31.2 Å². The van der Waals surface area contributed by atoms with E-state index in [1.165, 1.54) is 0 Å². The first-order valence-corrected chi connectivity index (χ1v) is 7.74. The van der Waals surface area contributed by atoms with Crippen LogP contribution in [0.2, 0.25) is 0 Å². The maximum absolute atomic E-state index is 10.7. The minimum absolute atomic E-state index is 0.163. The Morgan fingerprint density at radius 1 is 1.00 bits per heavy atom. The number of benzene rings is 2. The van der Waals surface area contributed by atoms with Gasteiger partial charge >= 0.3 is 0 Å². The standard InChI is InChI=1S/C18H17N3O4/c1-2-23-14-9-5-13(6-10-14)18-20-17(21-25-18)12-3-7-15(8-4-12)24-11-16(19)22/h3-10H,2,11H2,1H3,(H2,19,22). The number of nitrogens with zero attached hydrogens (tertiary/aromatic N) is 2. The fourth-order valence-corrected chi connectivity index (χ4v) is 2.17. The Hall–Kier alpha value is -3.35. The first kappa shape index (κ1) is 16.5. The van der Waals surface area contributed by atoms with Gasteiger partial charge in [-0.3, -0.25) is 4.79 Å². The number of hydrogen-bond acceptors (Lipinski definition) is 6. The van der Waals surface area contributed by atoms with Gasteiger partial charge in [0.2, 0.25) is 5.82 Å². The van der Waals surface area contributed by atoms with Gasteiger partial charge in [-0.1, -0.05) is 5.16 Å². The Bertz CT molecular complexity index is 842. The van der Waals surface area contributed by atoms with E-state index in [4.69, 9.17) is 19.7 Å². The summed E-state index contributed by atoms with van der Waals surface area (Å²) in [6.45, 7) is 2.38. The minimum atomic E-state index is -0.526. The highest BCUT2D eigenvalue weighted by Crippen LogP contribution is 2.25. The van der Waals surface area contributed by atoms with Crippen LogP contribution in [0.15, 0.2) is 53.1 Å². The van der Waals surface area contributed by atoms with E-state index in [0.717, 1.165) is 16.9 Å². The number of hydrogen-bond donors (Lipinski definition) is 1. The first-order valence-electron chi connectivity index (χ1n) is 7.74. The lowest BCUT2D eigenvalue weighted by Gasteiger charge is -2.03. The van der Waals surface area contributed by atoms with E-state index in [-0.39, 0.29) is 6.61 Å². The van der Waals surface area contributed by atoms with Crippen molar-refractivity contribution < 1.29 is 18.8 Å². The van der Waals surface area contributed by atoms with Gasteiger partial charge in [0.15, 0.2) is 6.61 Å². The van der Waals surface area contributed by atoms with E-state index < -0.39 is 5.91 Å². The van der Waals surface area contributed by atoms with E-state index in [2.05, 4.69) is 10.1 Å². The van der Waals surface area contributed by atoms with Crippen LogP contribution in [0.5, 0.6) is 11.5 Å². The Balaban J connectivity index is 1.73. The van der Waals surface area contributed by atoms with E-state index in [1.54, 1.807) is 24.3 Å². The minimum Gasteiger partial charge on any atom is -0.494 e. The molecule has 1 amide bonds. The third-order valence-corrected chi connectivity index (χ3v) is 3.33. The van der Waals surface area contributed by atoms with Gasteiger partial charge in [0, 0.05) is 11.1 Å². The summed E-state index contributed by atoms with van der Waals surface area (Å²) in [5.41, 5.74) is 6.62. The van der Waals surface area contributed by atoms with Gasteiger partial charge in [0.05, 0.1) is 6.61 Å². The number of aromatic nitrogens is 2. The maximum atomic E-state index is 10.7. The molecule has 1 aromatic heterocycles. The molecule has 0 fully saturated rings. The monoisotopic (exact) mass is 339 g/mol. The number of nitrogens with two attached hydrogens (primary N) is 1. The summed E-state index contributed by atoms with van der Waals surface area (Å²) in [7, 11) is 0. The molecule has 3 aromatic rings. The molecule has 3 rings (SSSR count). The Labute approximate surface area is 144 Å². The predicted octanol–water partition coefficient (Wildman–Crippen LogP) is 2.67. The molecule has 0 aliphatic carbocycles. The summed E-state index contributed by atoms with van der Waals surface area (Å²) >= 11 is 0. The zero-order valence-corrected chi connectivity index (χ0v) is 13.6. The number of primary amides is 1. The van der Waals surface area contributed by atoms with Crippen molar-refractivity contribution in [2.24, 2.45) is 5.73 Å². The predicted molar refractivity (Wildman–Crippen MR) is 91.0 cm³/mol. The van der Waals surface area contributed by atoms with Gasteiger partial charge in [-0.15, -0.1) is 0 Å². The molecular formula is C18H17N3O4. The third kappa shape index (κ3) is 4.14. The molecule has 2 aromatic carbocycles. The van der Waals surface area contributed by atoms with Crippen LogP contribution in [0.1, 0.15) is 6.92 Å². The normalized spacial score (nSPS) is 10.4. The fourth-order valence-electron chi connectivity index (χ4n) is 2.17. The van der Waals surface area contributed by atoms with Crippen molar-refractivity contribution in [3.05, 3.63) is 48.5 Å². The maximum Gasteiger partial charge on any atom is 0.258 e. The number of rotatable bonds is 7. The first-order chi connectivity index (χ1) is 12.2. The fraction of sp³-hybridized carbons (Fsp3) is 0.167. The van der Waals surface area contributed by atoms with Crippen LogP contribution >= 0.6 is 0 Å². The molecule has 0 saturated heterocycles. The summed E-state index contributed by atoms with van der Waals surface area (Å²) in [6.07, 6.45) is 0. The highest BCUT2D eigenvalue weighted by Gasteiger charge is 2.11. The molecule has 0 aliphatic rings. The van der Waals surface area contributed by atoms with E-state index >= 15 is 0 Å². The highest BCUT2D eigenvalue weighted by atomic mass is 16.5. The largest absolute Gasteiger partial charge is 0.494 e. The van der Waals surface area contributed by atoms with Crippen LogP contribution in [0.25, 0.3) is 22.8 Å². The SMILES string of the molecule is CCOc1ccc(-c2nc(-c3ccc(OCC(N)=O)cc3)no2)cc1. The van der Waals surface area contributed by atoms with Crippen molar-refractivity contribution in [3.8, 4) is 34.3 Å². The average Bonchev–Trinajstić information content (AvgIpc) is 3.11. The van der Waals surface area contributed by atoms with Crippen LogP contribution in [-0.4, -0.2) is 29.3 Å². The van der Waals surface area contributed by atoms with Gasteiger partial charge in [-0.2, -0.15) is 4.98 Å². The molecular weight excluding hydrogens is 322 g/mol. The molecule has 0 radical (unpaired) electrons.